The van der Waals surface area contributed by atoms with Crippen molar-refractivity contribution in [1.29, 1.82) is 0 Å². The maximum absolute atomic E-state index is 9.56. The quantitative estimate of drug-likeness (QED) is 0.915. The zero-order chi connectivity index (χ0) is 13.2. The fraction of sp³-hybridized carbons (Fsp3) is 0.400. The van der Waals surface area contributed by atoms with E-state index >= 15 is 0 Å². The van der Waals surface area contributed by atoms with Gasteiger partial charge in [0.1, 0.15) is 0 Å². The van der Waals surface area contributed by atoms with Crippen LogP contribution in [0.5, 0.6) is 0 Å². The third-order valence-corrected chi connectivity index (χ3v) is 4.06. The van der Waals surface area contributed by atoms with Crippen LogP contribution in [0.25, 0.3) is 10.9 Å². The van der Waals surface area contributed by atoms with Crippen molar-refractivity contribution in [3.05, 3.63) is 35.5 Å². The summed E-state index contributed by atoms with van der Waals surface area (Å²) in [5.74, 6) is 0. The van der Waals surface area contributed by atoms with Crippen LogP contribution in [0, 0.1) is 0 Å². The van der Waals surface area contributed by atoms with Crippen molar-refractivity contribution in [2.45, 2.75) is 25.3 Å². The molecule has 0 bridgehead atoms. The normalized spacial score (nSPS) is 19.9. The average molecular weight is 277 g/mol. The number of halogens is 1. The molecule has 1 unspecified atom stereocenters. The van der Waals surface area contributed by atoms with Crippen molar-refractivity contribution >= 4 is 28.2 Å². The lowest BCUT2D eigenvalue weighted by atomic mass is 10.0. The Hall–Kier alpha value is -1.32. The summed E-state index contributed by atoms with van der Waals surface area (Å²) in [6.45, 7) is 1.20. The van der Waals surface area contributed by atoms with Gasteiger partial charge in [0.25, 0.3) is 0 Å². The first-order valence-electron chi connectivity index (χ1n) is 6.71. The number of anilines is 1. The topological polar surface area (TPSA) is 36.4 Å². The fourth-order valence-electron chi connectivity index (χ4n) is 2.86. The summed E-state index contributed by atoms with van der Waals surface area (Å²) < 4.78 is 0. The van der Waals surface area contributed by atoms with Gasteiger partial charge in [-0.3, -0.25) is 4.98 Å². The van der Waals surface area contributed by atoms with Crippen molar-refractivity contribution in [2.75, 3.05) is 18.1 Å². The first-order chi connectivity index (χ1) is 9.29. The monoisotopic (exact) mass is 276 g/mol. The summed E-state index contributed by atoms with van der Waals surface area (Å²) >= 11 is 6.02. The molecule has 3 nitrogen and oxygen atoms in total. The van der Waals surface area contributed by atoms with E-state index in [9.17, 15) is 5.11 Å². The number of aromatic nitrogens is 1. The van der Waals surface area contributed by atoms with E-state index in [1.165, 1.54) is 12.8 Å². The van der Waals surface area contributed by atoms with Crippen molar-refractivity contribution in [3.63, 3.8) is 0 Å². The number of aliphatic hydroxyl groups is 1. The van der Waals surface area contributed by atoms with Crippen LogP contribution in [0.3, 0.4) is 0 Å². The molecule has 2 aromatic rings. The third-order valence-electron chi connectivity index (χ3n) is 3.83. The van der Waals surface area contributed by atoms with Gasteiger partial charge in [-0.05, 0) is 43.5 Å². The van der Waals surface area contributed by atoms with Crippen molar-refractivity contribution in [1.82, 2.24) is 4.98 Å². The van der Waals surface area contributed by atoms with Gasteiger partial charge >= 0.3 is 0 Å². The van der Waals surface area contributed by atoms with Crippen molar-refractivity contribution < 1.29 is 5.11 Å². The second-order valence-electron chi connectivity index (χ2n) is 5.02. The van der Waals surface area contributed by atoms with E-state index in [-0.39, 0.29) is 12.6 Å². The van der Waals surface area contributed by atoms with E-state index in [2.05, 4.69) is 9.88 Å². The second kappa shape index (κ2) is 5.35. The SMILES string of the molecule is OCC1CCCCN1c1ccnc2cc(Cl)ccc12. The van der Waals surface area contributed by atoms with Crippen molar-refractivity contribution in [3.8, 4) is 0 Å². The zero-order valence-corrected chi connectivity index (χ0v) is 11.5. The number of hydrogen-bond acceptors (Lipinski definition) is 3. The molecule has 0 spiro atoms. The van der Waals surface area contributed by atoms with Crippen LogP contribution in [-0.4, -0.2) is 29.3 Å². The molecule has 0 aliphatic carbocycles. The highest BCUT2D eigenvalue weighted by Gasteiger charge is 2.23. The summed E-state index contributed by atoms with van der Waals surface area (Å²) in [5.41, 5.74) is 2.06. The lowest BCUT2D eigenvalue weighted by Gasteiger charge is -2.37. The van der Waals surface area contributed by atoms with Gasteiger partial charge in [0.2, 0.25) is 0 Å². The number of aliphatic hydroxyl groups excluding tert-OH is 1. The van der Waals surface area contributed by atoms with Crippen molar-refractivity contribution in [2.24, 2.45) is 0 Å². The number of piperidine rings is 1. The molecule has 1 saturated heterocycles. The minimum Gasteiger partial charge on any atom is -0.394 e. The van der Waals surface area contributed by atoms with Gasteiger partial charge in [0.15, 0.2) is 0 Å². The van der Waals surface area contributed by atoms with E-state index in [1.807, 2.05) is 30.5 Å². The maximum atomic E-state index is 9.56. The molecule has 0 radical (unpaired) electrons. The zero-order valence-electron chi connectivity index (χ0n) is 10.7. The molecule has 1 fully saturated rings. The first-order valence-corrected chi connectivity index (χ1v) is 7.09. The predicted octanol–water partition coefficient (Wildman–Crippen LogP) is 3.24. The first kappa shape index (κ1) is 12.7. The van der Waals surface area contributed by atoms with Gasteiger partial charge in [-0.1, -0.05) is 11.6 Å². The average Bonchev–Trinajstić information content (AvgIpc) is 2.46. The van der Waals surface area contributed by atoms with Gasteiger partial charge in [-0.2, -0.15) is 0 Å². The molecule has 4 heteroatoms. The summed E-state index contributed by atoms with van der Waals surface area (Å²) in [7, 11) is 0. The molecule has 3 rings (SSSR count). The molecule has 0 saturated carbocycles. The molecule has 1 atom stereocenters. The minimum absolute atomic E-state index is 0.206. The lowest BCUT2D eigenvalue weighted by molar-refractivity contribution is 0.240. The third kappa shape index (κ3) is 2.40. The largest absolute Gasteiger partial charge is 0.394 e. The standard InChI is InChI=1S/C15H17ClN2O/c16-11-4-5-13-14(9-11)17-7-6-15(13)18-8-2-1-3-12(18)10-19/h4-7,9,12,19H,1-3,8,10H2. The van der Waals surface area contributed by atoms with E-state index in [0.29, 0.717) is 5.02 Å². The molecule has 1 aromatic carbocycles. The highest BCUT2D eigenvalue weighted by atomic mass is 35.5. The molecule has 0 amide bonds. The Kier molecular flexibility index (Phi) is 3.58. The second-order valence-corrected chi connectivity index (χ2v) is 5.45. The molecule has 19 heavy (non-hydrogen) atoms. The summed E-state index contributed by atoms with van der Waals surface area (Å²) in [6.07, 6.45) is 5.23. The number of pyridine rings is 1. The van der Waals surface area contributed by atoms with Gasteiger partial charge in [0, 0.05) is 28.8 Å². The fourth-order valence-corrected chi connectivity index (χ4v) is 3.03. The van der Waals surface area contributed by atoms with Crippen LogP contribution in [-0.2, 0) is 0 Å². The smallest absolute Gasteiger partial charge is 0.0737 e. The number of fused-ring (bicyclic) bond motifs is 1. The molecular formula is C15H17ClN2O. The Morgan fingerprint density at radius 2 is 2.21 bits per heavy atom. The van der Waals surface area contributed by atoms with Gasteiger partial charge in [0.05, 0.1) is 18.2 Å². The van der Waals surface area contributed by atoms with E-state index in [1.54, 1.807) is 0 Å². The van der Waals surface area contributed by atoms with Crippen LogP contribution in [0.1, 0.15) is 19.3 Å². The molecule has 1 N–H and O–H groups in total. The summed E-state index contributed by atoms with van der Waals surface area (Å²) in [4.78, 5) is 6.68. The molecular weight excluding hydrogens is 260 g/mol. The number of hydrogen-bond donors (Lipinski definition) is 1. The maximum Gasteiger partial charge on any atom is 0.0737 e. The molecule has 100 valence electrons. The Labute approximate surface area is 117 Å². The minimum atomic E-state index is 0.206. The molecule has 2 heterocycles. The molecule has 1 aromatic heterocycles. The Morgan fingerprint density at radius 3 is 3.05 bits per heavy atom. The highest BCUT2D eigenvalue weighted by molar-refractivity contribution is 6.31. The molecule has 1 aliphatic heterocycles. The van der Waals surface area contributed by atoms with Gasteiger partial charge in [-0.25, -0.2) is 0 Å². The van der Waals surface area contributed by atoms with E-state index < -0.39 is 0 Å². The van der Waals surface area contributed by atoms with Crippen LogP contribution < -0.4 is 4.90 Å². The number of nitrogens with zero attached hydrogens (tertiary/aromatic N) is 2. The lowest BCUT2D eigenvalue weighted by Crippen LogP contribution is -2.42. The summed E-state index contributed by atoms with van der Waals surface area (Å²) in [6, 6.07) is 8.05. The Bertz CT molecular complexity index is 587. The summed E-state index contributed by atoms with van der Waals surface area (Å²) in [5, 5.41) is 11.4. The highest BCUT2D eigenvalue weighted by Crippen LogP contribution is 2.31. The Balaban J connectivity index is 2.08. The predicted molar refractivity (Wildman–Crippen MR) is 78.8 cm³/mol. The number of rotatable bonds is 2. The van der Waals surface area contributed by atoms with Gasteiger partial charge in [-0.15, -0.1) is 0 Å². The van der Waals surface area contributed by atoms with E-state index in [4.69, 9.17) is 11.6 Å². The Morgan fingerprint density at radius 1 is 1.32 bits per heavy atom. The van der Waals surface area contributed by atoms with Crippen LogP contribution >= 0.6 is 11.6 Å². The van der Waals surface area contributed by atoms with Crippen LogP contribution in [0.2, 0.25) is 5.02 Å². The van der Waals surface area contributed by atoms with Crippen LogP contribution in [0.4, 0.5) is 5.69 Å². The van der Waals surface area contributed by atoms with E-state index in [0.717, 1.165) is 29.6 Å². The van der Waals surface area contributed by atoms with Crippen LogP contribution in [0.15, 0.2) is 30.5 Å². The number of benzene rings is 1. The van der Waals surface area contributed by atoms with Gasteiger partial charge < -0.3 is 10.0 Å². The molecule has 1 aliphatic rings.